The van der Waals surface area contributed by atoms with Gasteiger partial charge in [-0.2, -0.15) is 0 Å². The van der Waals surface area contributed by atoms with Crippen molar-refractivity contribution in [3.63, 3.8) is 0 Å². The number of nitrogens with zero attached hydrogens (tertiary/aromatic N) is 2. The number of aromatic carboxylic acids is 1. The Balaban J connectivity index is 1.46. The van der Waals surface area contributed by atoms with Crippen molar-refractivity contribution < 1.29 is 23.1 Å². The van der Waals surface area contributed by atoms with Crippen molar-refractivity contribution >= 4 is 21.9 Å². The van der Waals surface area contributed by atoms with E-state index in [0.717, 1.165) is 24.0 Å². The van der Waals surface area contributed by atoms with Crippen molar-refractivity contribution in [3.05, 3.63) is 132 Å². The van der Waals surface area contributed by atoms with Gasteiger partial charge in [0.2, 0.25) is 0 Å². The van der Waals surface area contributed by atoms with E-state index in [1.165, 1.54) is 6.07 Å². The Morgan fingerprint density at radius 2 is 1.44 bits per heavy atom. The predicted molar refractivity (Wildman–Crippen MR) is 165 cm³/mol. The molecule has 4 aromatic carbocycles. The molecule has 0 spiro atoms. The number of carboxylic acids is 1. The molecule has 43 heavy (non-hydrogen) atoms. The first kappa shape index (κ1) is 29.5. The predicted octanol–water partition coefficient (Wildman–Crippen LogP) is 6.42. The molecule has 0 aliphatic rings. The number of hydrogen-bond acceptors (Lipinski definition) is 5. The van der Waals surface area contributed by atoms with Gasteiger partial charge in [0.25, 0.3) is 15.9 Å². The maximum absolute atomic E-state index is 13.3. The van der Waals surface area contributed by atoms with Gasteiger partial charge in [0, 0.05) is 29.7 Å². The summed E-state index contributed by atoms with van der Waals surface area (Å²) < 4.78 is 30.5. The molecule has 218 valence electrons. The number of sulfonamides is 1. The van der Waals surface area contributed by atoms with Gasteiger partial charge >= 0.3 is 5.97 Å². The first-order valence-corrected chi connectivity index (χ1v) is 15.5. The van der Waals surface area contributed by atoms with Crippen LogP contribution in [0, 0.1) is 0 Å². The second-order valence-electron chi connectivity index (χ2n) is 10.1. The molecule has 0 radical (unpaired) electrons. The highest BCUT2D eigenvalue weighted by molar-refractivity contribution is 7.90. The van der Waals surface area contributed by atoms with Crippen LogP contribution in [-0.4, -0.2) is 35.0 Å². The minimum absolute atomic E-state index is 0.0239. The van der Waals surface area contributed by atoms with Crippen LogP contribution in [0.25, 0.3) is 22.4 Å². The number of aryl methyl sites for hydroxylation is 1. The van der Waals surface area contributed by atoms with Crippen LogP contribution in [0.4, 0.5) is 0 Å². The van der Waals surface area contributed by atoms with E-state index in [1.54, 1.807) is 65.2 Å². The number of unbranched alkanes of at least 4 members (excludes halogenated alkanes) is 1. The molecule has 0 atom stereocenters. The van der Waals surface area contributed by atoms with E-state index in [-0.39, 0.29) is 22.7 Å². The maximum Gasteiger partial charge on any atom is 0.354 e. The van der Waals surface area contributed by atoms with E-state index in [0.29, 0.717) is 29.1 Å². The summed E-state index contributed by atoms with van der Waals surface area (Å²) in [6.07, 6.45) is 2.45. The number of rotatable bonds is 11. The van der Waals surface area contributed by atoms with Crippen LogP contribution in [0.5, 0.6) is 0 Å². The molecule has 0 bridgehead atoms. The molecule has 0 saturated carbocycles. The third-order valence-corrected chi connectivity index (χ3v) is 8.48. The Hall–Kier alpha value is -5.02. The lowest BCUT2D eigenvalue weighted by Gasteiger charge is -2.13. The average Bonchev–Trinajstić information content (AvgIpc) is 3.39. The van der Waals surface area contributed by atoms with Gasteiger partial charge in [-0.3, -0.25) is 4.79 Å². The number of carbonyl (C=O) groups excluding carboxylic acids is 1. The first-order chi connectivity index (χ1) is 20.8. The van der Waals surface area contributed by atoms with Crippen molar-refractivity contribution in [1.82, 2.24) is 14.3 Å². The van der Waals surface area contributed by atoms with E-state index in [4.69, 9.17) is 4.98 Å². The number of hydrogen-bond donors (Lipinski definition) is 2. The molecule has 0 fully saturated rings. The molecule has 0 aliphatic carbocycles. The summed E-state index contributed by atoms with van der Waals surface area (Å²) in [7, 11) is -4.18. The first-order valence-electron chi connectivity index (χ1n) is 14.0. The molecular weight excluding hydrogens is 562 g/mol. The number of carbonyl (C=O) groups is 2. The van der Waals surface area contributed by atoms with Crippen LogP contribution in [-0.2, 0) is 23.0 Å². The summed E-state index contributed by atoms with van der Waals surface area (Å²) in [4.78, 5) is 29.8. The quantitative estimate of drug-likeness (QED) is 0.182. The van der Waals surface area contributed by atoms with E-state index >= 15 is 0 Å². The highest BCUT2D eigenvalue weighted by Gasteiger charge is 2.25. The van der Waals surface area contributed by atoms with Crippen molar-refractivity contribution in [3.8, 4) is 22.4 Å². The van der Waals surface area contributed by atoms with Gasteiger partial charge in [-0.25, -0.2) is 22.9 Å². The summed E-state index contributed by atoms with van der Waals surface area (Å²) in [5.41, 5.74) is 3.45. The van der Waals surface area contributed by atoms with Gasteiger partial charge in [-0.1, -0.05) is 104 Å². The van der Waals surface area contributed by atoms with Crippen LogP contribution < -0.4 is 4.72 Å². The zero-order valence-corrected chi connectivity index (χ0v) is 24.4. The minimum Gasteiger partial charge on any atom is -0.477 e. The number of carboxylic acid groups (broad SMARTS) is 1. The maximum atomic E-state index is 13.3. The molecule has 8 nitrogen and oxygen atoms in total. The Morgan fingerprint density at radius 3 is 2.09 bits per heavy atom. The second-order valence-corrected chi connectivity index (χ2v) is 11.7. The summed E-state index contributed by atoms with van der Waals surface area (Å²) in [5.74, 6) is -1.07. The molecule has 0 aliphatic heterocycles. The van der Waals surface area contributed by atoms with Gasteiger partial charge in [0.1, 0.15) is 11.5 Å². The third kappa shape index (κ3) is 6.57. The van der Waals surface area contributed by atoms with Crippen molar-refractivity contribution in [1.29, 1.82) is 0 Å². The Morgan fingerprint density at radius 1 is 0.814 bits per heavy atom. The fraction of sp³-hybridized carbons (Fsp3) is 0.147. The Kier molecular flexibility index (Phi) is 8.82. The van der Waals surface area contributed by atoms with E-state index in [9.17, 15) is 23.1 Å². The Labute approximate surface area is 250 Å². The number of nitrogens with one attached hydrogen (secondary N) is 1. The van der Waals surface area contributed by atoms with E-state index < -0.39 is 21.9 Å². The molecule has 1 amide bonds. The molecule has 1 heterocycles. The van der Waals surface area contributed by atoms with Crippen LogP contribution in [0.1, 0.15) is 52.0 Å². The van der Waals surface area contributed by atoms with Gasteiger partial charge in [0.05, 0.1) is 4.90 Å². The molecule has 5 rings (SSSR count). The van der Waals surface area contributed by atoms with Crippen LogP contribution in [0.15, 0.2) is 114 Å². The monoisotopic (exact) mass is 593 g/mol. The molecule has 1 aromatic heterocycles. The van der Waals surface area contributed by atoms with Gasteiger partial charge in [-0.05, 0) is 35.7 Å². The topological polar surface area (TPSA) is 118 Å². The highest BCUT2D eigenvalue weighted by atomic mass is 32.2. The zero-order valence-electron chi connectivity index (χ0n) is 23.6. The highest BCUT2D eigenvalue weighted by Crippen LogP contribution is 2.29. The molecule has 9 heteroatoms. The lowest BCUT2D eigenvalue weighted by molar-refractivity contribution is 0.0686. The fourth-order valence-electron chi connectivity index (χ4n) is 4.95. The van der Waals surface area contributed by atoms with Crippen molar-refractivity contribution in [2.45, 2.75) is 37.6 Å². The fourth-order valence-corrected chi connectivity index (χ4v) is 6.15. The van der Waals surface area contributed by atoms with Gasteiger partial charge < -0.3 is 9.67 Å². The summed E-state index contributed by atoms with van der Waals surface area (Å²) in [5, 5.41) is 10.2. The van der Waals surface area contributed by atoms with E-state index in [1.807, 2.05) is 42.5 Å². The Bertz CT molecular complexity index is 1850. The summed E-state index contributed by atoms with van der Waals surface area (Å²) in [6, 6.07) is 31.2. The lowest BCUT2D eigenvalue weighted by Crippen LogP contribution is -2.30. The van der Waals surface area contributed by atoms with Crippen LogP contribution >= 0.6 is 0 Å². The van der Waals surface area contributed by atoms with Crippen LogP contribution in [0.3, 0.4) is 0 Å². The van der Waals surface area contributed by atoms with Crippen molar-refractivity contribution in [2.24, 2.45) is 0 Å². The van der Waals surface area contributed by atoms with E-state index in [2.05, 4.69) is 11.6 Å². The number of benzene rings is 4. The minimum atomic E-state index is -4.18. The summed E-state index contributed by atoms with van der Waals surface area (Å²) >= 11 is 0. The standard InChI is InChI=1S/C34H31N3O5S/c1-2-3-18-30-35-31(26-12-6-4-7-13-26)32(34(39)40)37(30)23-24-19-21-25(22-20-24)28-16-10-11-17-29(28)43(41,42)36-33(38)27-14-8-5-9-15-27/h4-17,19-22H,2-3,18,23H2,1H3,(H,36,38)(H,39,40). The molecular formula is C34H31N3O5S. The molecule has 5 aromatic rings. The smallest absolute Gasteiger partial charge is 0.354 e. The normalized spacial score (nSPS) is 11.3. The van der Waals surface area contributed by atoms with Gasteiger partial charge in [0.15, 0.2) is 5.69 Å². The third-order valence-electron chi connectivity index (χ3n) is 7.10. The average molecular weight is 594 g/mol. The number of aromatic nitrogens is 2. The molecule has 0 unspecified atom stereocenters. The molecule has 0 saturated heterocycles. The zero-order chi connectivity index (χ0) is 30.4. The SMILES string of the molecule is CCCCc1nc(-c2ccccc2)c(C(=O)O)n1Cc1ccc(-c2ccccc2S(=O)(=O)NC(=O)c2ccccc2)cc1. The summed E-state index contributed by atoms with van der Waals surface area (Å²) in [6.45, 7) is 2.36. The van der Waals surface area contributed by atoms with Crippen LogP contribution in [0.2, 0.25) is 0 Å². The van der Waals surface area contributed by atoms with Crippen molar-refractivity contribution in [2.75, 3.05) is 0 Å². The number of imidazole rings is 1. The molecule has 2 N–H and O–H groups in total. The largest absolute Gasteiger partial charge is 0.477 e. The second kappa shape index (κ2) is 12.9. The lowest BCUT2D eigenvalue weighted by atomic mass is 10.0. The number of amides is 1. The van der Waals surface area contributed by atoms with Gasteiger partial charge in [-0.15, -0.1) is 0 Å².